The highest BCUT2D eigenvalue weighted by Crippen LogP contribution is 1.95. The Balaban J connectivity index is 3.88. The van der Waals surface area contributed by atoms with Crippen molar-refractivity contribution >= 4 is 24.8 Å². The van der Waals surface area contributed by atoms with E-state index in [1.54, 1.807) is 6.92 Å². The number of thiol groups is 1. The molecule has 0 aromatic heterocycles. The molecule has 0 spiro atoms. The molecule has 9 heavy (non-hydrogen) atoms. The molecule has 0 aliphatic rings. The molecule has 0 aliphatic carbocycles. The molecule has 0 fully saturated rings. The molecule has 52 valence electrons. The van der Waals surface area contributed by atoms with Crippen LogP contribution < -0.4 is 5.73 Å². The van der Waals surface area contributed by atoms with Gasteiger partial charge in [-0.2, -0.15) is 0 Å². The van der Waals surface area contributed by atoms with Crippen LogP contribution in [-0.2, 0) is 4.79 Å². The van der Waals surface area contributed by atoms with Crippen LogP contribution in [0.15, 0.2) is 0 Å². The van der Waals surface area contributed by atoms with Gasteiger partial charge in [0.25, 0.3) is 0 Å². The lowest BCUT2D eigenvalue weighted by Gasteiger charge is -2.07. The standard InChI is InChI=1S/C4H8N2O2S/c1-2-3(7)6(9)4(5)8/h9H,2H2,1H3,(H2,5,8). The molecule has 0 aromatic rings. The first kappa shape index (κ1) is 8.29. The summed E-state index contributed by atoms with van der Waals surface area (Å²) in [6.45, 7) is 1.62. The van der Waals surface area contributed by atoms with E-state index >= 15 is 0 Å². The molecule has 0 aromatic carbocycles. The summed E-state index contributed by atoms with van der Waals surface area (Å²) in [7, 11) is 0. The van der Waals surface area contributed by atoms with Gasteiger partial charge in [0.05, 0.1) is 0 Å². The van der Waals surface area contributed by atoms with Crippen molar-refractivity contribution in [3.05, 3.63) is 0 Å². The Hall–Kier alpha value is -0.710. The number of nitrogens with two attached hydrogens (primary N) is 1. The third-order valence-corrected chi connectivity index (χ3v) is 1.17. The lowest BCUT2D eigenvalue weighted by atomic mass is 10.5. The van der Waals surface area contributed by atoms with Crippen LogP contribution >= 0.6 is 12.8 Å². The average Bonchev–Trinajstić information content (AvgIpc) is 1.84. The van der Waals surface area contributed by atoms with Crippen molar-refractivity contribution in [1.82, 2.24) is 4.31 Å². The van der Waals surface area contributed by atoms with Crippen LogP contribution in [0.4, 0.5) is 4.79 Å². The number of hydrogen-bond donors (Lipinski definition) is 2. The molecule has 5 heteroatoms. The van der Waals surface area contributed by atoms with Gasteiger partial charge in [-0.05, 0) is 0 Å². The molecule has 4 nitrogen and oxygen atoms in total. The third-order valence-electron chi connectivity index (χ3n) is 0.747. The Morgan fingerprint density at radius 1 is 1.67 bits per heavy atom. The summed E-state index contributed by atoms with van der Waals surface area (Å²) >= 11 is 3.51. The second-order valence-corrected chi connectivity index (χ2v) is 1.80. The fourth-order valence-corrected chi connectivity index (χ4v) is 0.414. The maximum absolute atomic E-state index is 10.5. The van der Waals surface area contributed by atoms with E-state index in [0.717, 1.165) is 0 Å². The first-order chi connectivity index (χ1) is 4.09. The zero-order chi connectivity index (χ0) is 7.44. The molecule has 0 aliphatic heterocycles. The van der Waals surface area contributed by atoms with E-state index in [1.165, 1.54) is 0 Å². The van der Waals surface area contributed by atoms with E-state index in [-0.39, 0.29) is 6.42 Å². The van der Waals surface area contributed by atoms with Crippen molar-refractivity contribution in [1.29, 1.82) is 0 Å². The Labute approximate surface area is 58.5 Å². The predicted molar refractivity (Wildman–Crippen MR) is 35.7 cm³/mol. The van der Waals surface area contributed by atoms with Gasteiger partial charge in [-0.3, -0.25) is 4.79 Å². The highest BCUT2D eigenvalue weighted by molar-refractivity contribution is 7.79. The molecule has 0 saturated heterocycles. The molecule has 2 N–H and O–H groups in total. The monoisotopic (exact) mass is 148 g/mol. The smallest absolute Gasteiger partial charge is 0.331 e. The molecular weight excluding hydrogens is 140 g/mol. The summed E-state index contributed by atoms with van der Waals surface area (Å²) in [5, 5.41) is 0. The average molecular weight is 148 g/mol. The molecule has 0 saturated carbocycles. The number of carbonyl (C=O) groups excluding carboxylic acids is 2. The maximum Gasteiger partial charge on any atom is 0.331 e. The quantitative estimate of drug-likeness (QED) is 0.520. The summed E-state index contributed by atoms with van der Waals surface area (Å²) < 4.78 is 0.583. The molecule has 0 bridgehead atoms. The number of primary amides is 1. The van der Waals surface area contributed by atoms with Crippen LogP contribution in [-0.4, -0.2) is 16.2 Å². The van der Waals surface area contributed by atoms with Crippen LogP contribution in [0, 0.1) is 0 Å². The first-order valence-electron chi connectivity index (χ1n) is 2.40. The van der Waals surface area contributed by atoms with Gasteiger partial charge in [0, 0.05) is 6.42 Å². The van der Waals surface area contributed by atoms with Crippen LogP contribution in [0.1, 0.15) is 13.3 Å². The van der Waals surface area contributed by atoms with Crippen molar-refractivity contribution < 1.29 is 9.59 Å². The molecule has 0 rings (SSSR count). The van der Waals surface area contributed by atoms with E-state index in [1.807, 2.05) is 0 Å². The molecule has 0 radical (unpaired) electrons. The second kappa shape index (κ2) is 3.34. The SMILES string of the molecule is CCC(=O)N(S)C(N)=O. The van der Waals surface area contributed by atoms with E-state index in [4.69, 9.17) is 5.73 Å². The minimum absolute atomic E-state index is 0.229. The van der Waals surface area contributed by atoms with Gasteiger partial charge in [0.15, 0.2) is 0 Å². The Morgan fingerprint density at radius 3 is 2.22 bits per heavy atom. The van der Waals surface area contributed by atoms with Gasteiger partial charge >= 0.3 is 6.03 Å². The third kappa shape index (κ3) is 2.36. The first-order valence-corrected chi connectivity index (χ1v) is 2.80. The fourth-order valence-electron chi connectivity index (χ4n) is 0.273. The number of hydrogen-bond acceptors (Lipinski definition) is 3. The Bertz CT molecular complexity index is 137. The van der Waals surface area contributed by atoms with Crippen LogP contribution in [0.25, 0.3) is 0 Å². The Kier molecular flexibility index (Phi) is 3.08. The van der Waals surface area contributed by atoms with Crippen LogP contribution in [0.3, 0.4) is 0 Å². The summed E-state index contributed by atoms with van der Waals surface area (Å²) in [4.78, 5) is 20.7. The fraction of sp³-hybridized carbons (Fsp3) is 0.500. The van der Waals surface area contributed by atoms with Crippen LogP contribution in [0.2, 0.25) is 0 Å². The topological polar surface area (TPSA) is 63.4 Å². The number of carbonyl (C=O) groups is 2. The lowest BCUT2D eigenvalue weighted by Crippen LogP contribution is -2.32. The summed E-state index contributed by atoms with van der Waals surface area (Å²) in [6.07, 6.45) is 0.229. The zero-order valence-electron chi connectivity index (χ0n) is 5.00. The predicted octanol–water partition coefficient (Wildman–Crippen LogP) is 0.149. The molecule has 0 atom stereocenters. The summed E-state index contributed by atoms with van der Waals surface area (Å²) in [5.74, 6) is -0.397. The highest BCUT2D eigenvalue weighted by Gasteiger charge is 2.10. The van der Waals surface area contributed by atoms with Gasteiger partial charge in [0.1, 0.15) is 0 Å². The van der Waals surface area contributed by atoms with Crippen molar-refractivity contribution in [3.8, 4) is 0 Å². The maximum atomic E-state index is 10.5. The van der Waals surface area contributed by atoms with Gasteiger partial charge in [-0.15, -0.1) is 0 Å². The molecule has 0 unspecified atom stereocenters. The van der Waals surface area contributed by atoms with Gasteiger partial charge in [0.2, 0.25) is 5.91 Å². The number of urea groups is 1. The minimum atomic E-state index is -0.842. The molecular formula is C4H8N2O2S. The summed E-state index contributed by atoms with van der Waals surface area (Å²) in [5.41, 5.74) is 4.70. The highest BCUT2D eigenvalue weighted by atomic mass is 32.1. The van der Waals surface area contributed by atoms with Crippen molar-refractivity contribution in [2.24, 2.45) is 5.73 Å². The summed E-state index contributed by atoms with van der Waals surface area (Å²) in [6, 6.07) is -0.842. The minimum Gasteiger partial charge on any atom is -0.350 e. The van der Waals surface area contributed by atoms with Crippen molar-refractivity contribution in [3.63, 3.8) is 0 Å². The number of rotatable bonds is 1. The number of nitrogens with zero attached hydrogens (tertiary/aromatic N) is 1. The van der Waals surface area contributed by atoms with Crippen molar-refractivity contribution in [2.45, 2.75) is 13.3 Å². The molecule has 0 heterocycles. The van der Waals surface area contributed by atoms with E-state index < -0.39 is 11.9 Å². The van der Waals surface area contributed by atoms with Gasteiger partial charge < -0.3 is 5.73 Å². The zero-order valence-corrected chi connectivity index (χ0v) is 5.89. The lowest BCUT2D eigenvalue weighted by molar-refractivity contribution is -0.123. The number of amides is 3. The van der Waals surface area contributed by atoms with Crippen molar-refractivity contribution in [2.75, 3.05) is 0 Å². The largest absolute Gasteiger partial charge is 0.350 e. The van der Waals surface area contributed by atoms with Gasteiger partial charge in [-0.1, -0.05) is 19.7 Å². The van der Waals surface area contributed by atoms with Gasteiger partial charge in [-0.25, -0.2) is 9.10 Å². The molecule has 3 amide bonds. The van der Waals surface area contributed by atoms with Crippen LogP contribution in [0.5, 0.6) is 0 Å². The second-order valence-electron chi connectivity index (χ2n) is 1.40. The normalized spacial score (nSPS) is 8.67. The van der Waals surface area contributed by atoms with E-state index in [9.17, 15) is 9.59 Å². The van der Waals surface area contributed by atoms with E-state index in [2.05, 4.69) is 12.8 Å². The van der Waals surface area contributed by atoms with E-state index in [0.29, 0.717) is 4.31 Å². The Morgan fingerprint density at radius 2 is 2.11 bits per heavy atom. The number of imide groups is 1.